The number of amides is 1. The second kappa shape index (κ2) is 5.25. The van der Waals surface area contributed by atoms with Gasteiger partial charge in [-0.1, -0.05) is 18.2 Å². The summed E-state index contributed by atoms with van der Waals surface area (Å²) in [7, 11) is 1.57. The van der Waals surface area contributed by atoms with E-state index in [1.54, 1.807) is 31.4 Å². The summed E-state index contributed by atoms with van der Waals surface area (Å²) in [5.74, 6) is 0.223. The maximum absolute atomic E-state index is 12.3. The van der Waals surface area contributed by atoms with Crippen molar-refractivity contribution in [2.75, 3.05) is 12.4 Å². The molecule has 0 aromatic heterocycles. The van der Waals surface area contributed by atoms with Crippen LogP contribution in [0.2, 0.25) is 0 Å². The van der Waals surface area contributed by atoms with Crippen LogP contribution in [0.15, 0.2) is 54.6 Å². The summed E-state index contributed by atoms with van der Waals surface area (Å²) in [4.78, 5) is 24.2. The molecule has 0 saturated carbocycles. The summed E-state index contributed by atoms with van der Waals surface area (Å²) in [5.41, 5.74) is 2.40. The van der Waals surface area contributed by atoms with E-state index in [9.17, 15) is 9.59 Å². The molecule has 21 heavy (non-hydrogen) atoms. The van der Waals surface area contributed by atoms with E-state index < -0.39 is 0 Å². The smallest absolute Gasteiger partial charge is 0.256 e. The molecule has 0 fully saturated rings. The van der Waals surface area contributed by atoms with Crippen molar-refractivity contribution in [3.8, 4) is 5.75 Å². The second-order valence-electron chi connectivity index (χ2n) is 4.65. The zero-order chi connectivity index (χ0) is 14.8. The fourth-order valence-electron chi connectivity index (χ4n) is 2.25. The standard InChI is InChI=1S/C17H13NO3/c1-21-12-8-6-11(7-9-12)16(19)10-14-13-4-2-3-5-15(13)18-17(14)20/h2-10H,1H3,(H,18,20). The first-order valence-corrected chi connectivity index (χ1v) is 6.50. The Balaban J connectivity index is 1.94. The van der Waals surface area contributed by atoms with Crippen molar-refractivity contribution in [2.45, 2.75) is 0 Å². The number of carbonyl (C=O) groups excluding carboxylic acids is 2. The summed E-state index contributed by atoms with van der Waals surface area (Å²) in [6.45, 7) is 0. The van der Waals surface area contributed by atoms with E-state index in [4.69, 9.17) is 4.74 Å². The molecule has 4 nitrogen and oxygen atoms in total. The van der Waals surface area contributed by atoms with Gasteiger partial charge in [0.2, 0.25) is 0 Å². The number of carbonyl (C=O) groups is 2. The highest BCUT2D eigenvalue weighted by atomic mass is 16.5. The molecule has 1 heterocycles. The van der Waals surface area contributed by atoms with Gasteiger partial charge in [-0.2, -0.15) is 0 Å². The number of ether oxygens (including phenoxy) is 1. The largest absolute Gasteiger partial charge is 0.497 e. The van der Waals surface area contributed by atoms with Crippen molar-refractivity contribution >= 4 is 23.0 Å². The number of hydrogen-bond donors (Lipinski definition) is 1. The fraction of sp³-hybridized carbons (Fsp3) is 0.0588. The highest BCUT2D eigenvalue weighted by Crippen LogP contribution is 2.31. The van der Waals surface area contributed by atoms with Crippen LogP contribution in [0.25, 0.3) is 5.57 Å². The third kappa shape index (κ3) is 2.43. The van der Waals surface area contributed by atoms with E-state index in [2.05, 4.69) is 5.32 Å². The molecular formula is C17H13NO3. The summed E-state index contributed by atoms with van der Waals surface area (Å²) >= 11 is 0. The van der Waals surface area contributed by atoms with Crippen molar-refractivity contribution < 1.29 is 14.3 Å². The minimum atomic E-state index is -0.252. The molecule has 3 rings (SSSR count). The van der Waals surface area contributed by atoms with Crippen LogP contribution in [0.3, 0.4) is 0 Å². The summed E-state index contributed by atoms with van der Waals surface area (Å²) in [5, 5.41) is 2.74. The molecule has 0 bridgehead atoms. The summed E-state index contributed by atoms with van der Waals surface area (Å²) < 4.78 is 5.06. The van der Waals surface area contributed by atoms with Gasteiger partial charge in [0.25, 0.3) is 5.91 Å². The van der Waals surface area contributed by atoms with E-state index in [0.29, 0.717) is 16.9 Å². The number of allylic oxidation sites excluding steroid dienone is 1. The molecule has 0 radical (unpaired) electrons. The van der Waals surface area contributed by atoms with Crippen molar-refractivity contribution in [2.24, 2.45) is 0 Å². The molecule has 1 aliphatic rings. The van der Waals surface area contributed by atoms with Crippen LogP contribution in [0.1, 0.15) is 15.9 Å². The number of rotatable bonds is 3. The quantitative estimate of drug-likeness (QED) is 0.694. The first-order valence-electron chi connectivity index (χ1n) is 6.50. The molecule has 0 saturated heterocycles. The van der Waals surface area contributed by atoms with Gasteiger partial charge < -0.3 is 10.1 Å². The van der Waals surface area contributed by atoms with Crippen LogP contribution in [0.4, 0.5) is 5.69 Å². The Labute approximate surface area is 122 Å². The number of ketones is 1. The molecular weight excluding hydrogens is 266 g/mol. The van der Waals surface area contributed by atoms with E-state index in [1.165, 1.54) is 6.08 Å². The van der Waals surface area contributed by atoms with Gasteiger partial charge in [0.15, 0.2) is 5.78 Å². The van der Waals surface area contributed by atoms with Crippen LogP contribution in [-0.4, -0.2) is 18.8 Å². The molecule has 0 aliphatic carbocycles. The number of para-hydroxylation sites is 1. The average molecular weight is 279 g/mol. The highest BCUT2D eigenvalue weighted by Gasteiger charge is 2.24. The topological polar surface area (TPSA) is 55.4 Å². The number of benzene rings is 2. The molecule has 0 unspecified atom stereocenters. The van der Waals surface area contributed by atoms with Crippen LogP contribution in [0.5, 0.6) is 5.75 Å². The van der Waals surface area contributed by atoms with Gasteiger partial charge in [-0.3, -0.25) is 9.59 Å². The number of fused-ring (bicyclic) bond motifs is 1. The van der Waals surface area contributed by atoms with Gasteiger partial charge in [-0.15, -0.1) is 0 Å². The van der Waals surface area contributed by atoms with Gasteiger partial charge in [0.05, 0.1) is 12.7 Å². The molecule has 1 aliphatic heterocycles. The van der Waals surface area contributed by atoms with Gasteiger partial charge in [-0.05, 0) is 36.4 Å². The van der Waals surface area contributed by atoms with E-state index in [0.717, 1.165) is 11.3 Å². The molecule has 1 N–H and O–H groups in total. The zero-order valence-electron chi connectivity index (χ0n) is 11.4. The molecule has 1 amide bonds. The highest BCUT2D eigenvalue weighted by molar-refractivity contribution is 6.35. The van der Waals surface area contributed by atoms with E-state index >= 15 is 0 Å². The van der Waals surface area contributed by atoms with Crippen LogP contribution in [0, 0.1) is 0 Å². The lowest BCUT2D eigenvalue weighted by Crippen LogP contribution is -2.06. The lowest BCUT2D eigenvalue weighted by Gasteiger charge is -2.01. The lowest BCUT2D eigenvalue weighted by atomic mass is 10.0. The van der Waals surface area contributed by atoms with E-state index in [1.807, 2.05) is 24.3 Å². The van der Waals surface area contributed by atoms with Gasteiger partial charge in [0, 0.05) is 16.8 Å². The van der Waals surface area contributed by atoms with Gasteiger partial charge in [-0.25, -0.2) is 0 Å². The van der Waals surface area contributed by atoms with Crippen LogP contribution in [-0.2, 0) is 4.79 Å². The minimum Gasteiger partial charge on any atom is -0.497 e. The number of methoxy groups -OCH3 is 1. The first kappa shape index (κ1) is 13.1. The maximum Gasteiger partial charge on any atom is 0.256 e. The number of nitrogens with one attached hydrogen (secondary N) is 1. The zero-order valence-corrected chi connectivity index (χ0v) is 11.4. The lowest BCUT2D eigenvalue weighted by molar-refractivity contribution is -0.110. The van der Waals surface area contributed by atoms with Crippen LogP contribution < -0.4 is 10.1 Å². The normalized spacial score (nSPS) is 14.7. The Morgan fingerprint density at radius 3 is 2.52 bits per heavy atom. The summed E-state index contributed by atoms with van der Waals surface area (Å²) in [6, 6.07) is 14.1. The third-order valence-corrected chi connectivity index (χ3v) is 3.36. The average Bonchev–Trinajstić information content (AvgIpc) is 2.83. The Hall–Kier alpha value is -2.88. The molecule has 2 aromatic carbocycles. The van der Waals surface area contributed by atoms with Crippen LogP contribution >= 0.6 is 0 Å². The van der Waals surface area contributed by atoms with Crippen molar-refractivity contribution in [1.82, 2.24) is 0 Å². The Morgan fingerprint density at radius 2 is 1.81 bits per heavy atom. The molecule has 104 valence electrons. The predicted octanol–water partition coefficient (Wildman–Crippen LogP) is 2.91. The monoisotopic (exact) mass is 279 g/mol. The predicted molar refractivity (Wildman–Crippen MR) is 80.4 cm³/mol. The summed E-state index contributed by atoms with van der Waals surface area (Å²) in [6.07, 6.45) is 1.38. The molecule has 4 heteroatoms. The fourth-order valence-corrected chi connectivity index (χ4v) is 2.25. The maximum atomic E-state index is 12.3. The Kier molecular flexibility index (Phi) is 3.28. The Bertz CT molecular complexity index is 745. The minimum absolute atomic E-state index is 0.209. The first-order chi connectivity index (χ1) is 10.2. The molecule has 0 spiro atoms. The van der Waals surface area contributed by atoms with Gasteiger partial charge in [0.1, 0.15) is 5.75 Å². The second-order valence-corrected chi connectivity index (χ2v) is 4.65. The third-order valence-electron chi connectivity index (χ3n) is 3.36. The molecule has 2 aromatic rings. The Morgan fingerprint density at radius 1 is 1.10 bits per heavy atom. The van der Waals surface area contributed by atoms with Crippen molar-refractivity contribution in [3.63, 3.8) is 0 Å². The number of hydrogen-bond acceptors (Lipinski definition) is 3. The van der Waals surface area contributed by atoms with E-state index in [-0.39, 0.29) is 11.7 Å². The number of anilines is 1. The van der Waals surface area contributed by atoms with Crippen molar-refractivity contribution in [1.29, 1.82) is 0 Å². The van der Waals surface area contributed by atoms with Gasteiger partial charge >= 0.3 is 0 Å². The molecule has 0 atom stereocenters. The van der Waals surface area contributed by atoms with Crippen molar-refractivity contribution in [3.05, 3.63) is 65.7 Å². The SMILES string of the molecule is COc1ccc(C(=O)C=C2C(=O)Nc3ccccc32)cc1.